The molecule has 0 aromatic heterocycles. The third kappa shape index (κ3) is 1.22. The molecule has 3 N–H and O–H groups in total. The van der Waals surface area contributed by atoms with Gasteiger partial charge in [-0.15, -0.1) is 12.4 Å². The summed E-state index contributed by atoms with van der Waals surface area (Å²) >= 11 is 0. The molecule has 2 nitrogen and oxygen atoms in total. The summed E-state index contributed by atoms with van der Waals surface area (Å²) in [5, 5.41) is 8.43. The average Bonchev–Trinajstić information content (AvgIpc) is 1.65. The van der Waals surface area contributed by atoms with Crippen molar-refractivity contribution in [2.45, 2.75) is 6.04 Å². The van der Waals surface area contributed by atoms with Crippen molar-refractivity contribution in [2.24, 2.45) is 11.7 Å². The first-order valence-electron chi connectivity index (χ1n) is 2.39. The molecular formula is C5H10ClNO. The lowest BCUT2D eigenvalue weighted by Crippen LogP contribution is -2.35. The van der Waals surface area contributed by atoms with Crippen LogP contribution in [0.1, 0.15) is 0 Å². The minimum absolute atomic E-state index is 0. The van der Waals surface area contributed by atoms with Crippen LogP contribution in [0.25, 0.3) is 0 Å². The van der Waals surface area contributed by atoms with Gasteiger partial charge in [0.2, 0.25) is 0 Å². The molecular weight excluding hydrogens is 126 g/mol. The van der Waals surface area contributed by atoms with Gasteiger partial charge in [0.1, 0.15) is 0 Å². The van der Waals surface area contributed by atoms with Crippen LogP contribution in [0.4, 0.5) is 0 Å². The average molecular weight is 136 g/mol. The number of aliphatic hydroxyl groups excluding tert-OH is 1. The van der Waals surface area contributed by atoms with Crippen molar-refractivity contribution < 1.29 is 5.11 Å². The largest absolute Gasteiger partial charge is 0.396 e. The van der Waals surface area contributed by atoms with Crippen molar-refractivity contribution in [3.05, 3.63) is 12.2 Å². The second kappa shape index (κ2) is 3.07. The highest BCUT2D eigenvalue weighted by molar-refractivity contribution is 5.85. The number of aliphatic hydroxyl groups is 1. The van der Waals surface area contributed by atoms with E-state index in [9.17, 15) is 0 Å². The smallest absolute Gasteiger partial charge is 0.0511 e. The van der Waals surface area contributed by atoms with Crippen LogP contribution in [-0.4, -0.2) is 17.8 Å². The van der Waals surface area contributed by atoms with E-state index in [-0.39, 0.29) is 31.0 Å². The van der Waals surface area contributed by atoms with Crippen molar-refractivity contribution in [3.8, 4) is 0 Å². The molecule has 0 saturated carbocycles. The predicted octanol–water partition coefficient (Wildman–Crippen LogP) is -0.0862. The van der Waals surface area contributed by atoms with E-state index in [0.717, 1.165) is 0 Å². The van der Waals surface area contributed by atoms with Crippen LogP contribution in [0.2, 0.25) is 0 Å². The van der Waals surface area contributed by atoms with Crippen LogP contribution >= 0.6 is 12.4 Å². The summed E-state index contributed by atoms with van der Waals surface area (Å²) in [6.07, 6.45) is 3.81. The summed E-state index contributed by atoms with van der Waals surface area (Å²) in [6.45, 7) is 0.192. The predicted molar refractivity (Wildman–Crippen MR) is 34.9 cm³/mol. The molecule has 1 rings (SSSR count). The maximum atomic E-state index is 8.43. The van der Waals surface area contributed by atoms with Crippen LogP contribution in [0.5, 0.6) is 0 Å². The van der Waals surface area contributed by atoms with Crippen molar-refractivity contribution >= 4 is 12.4 Å². The number of hydrogen-bond donors (Lipinski definition) is 2. The molecule has 1 aliphatic carbocycles. The molecule has 0 unspecified atom stereocenters. The second-order valence-corrected chi connectivity index (χ2v) is 1.81. The highest BCUT2D eigenvalue weighted by atomic mass is 35.5. The van der Waals surface area contributed by atoms with E-state index >= 15 is 0 Å². The first-order valence-corrected chi connectivity index (χ1v) is 2.39. The van der Waals surface area contributed by atoms with E-state index in [1.807, 2.05) is 12.2 Å². The van der Waals surface area contributed by atoms with E-state index in [1.54, 1.807) is 0 Å². The van der Waals surface area contributed by atoms with Crippen molar-refractivity contribution in [1.82, 2.24) is 0 Å². The van der Waals surface area contributed by atoms with Gasteiger partial charge in [-0.05, 0) is 0 Å². The van der Waals surface area contributed by atoms with Gasteiger partial charge in [-0.3, -0.25) is 0 Å². The molecule has 48 valence electrons. The molecule has 1 aliphatic rings. The molecule has 0 bridgehead atoms. The maximum absolute atomic E-state index is 8.43. The van der Waals surface area contributed by atoms with E-state index in [1.165, 1.54) is 0 Å². The molecule has 8 heavy (non-hydrogen) atoms. The lowest BCUT2D eigenvalue weighted by Gasteiger charge is -2.22. The normalized spacial score (nSPS) is 33.2. The zero-order valence-electron chi connectivity index (χ0n) is 4.45. The minimum Gasteiger partial charge on any atom is -0.396 e. The van der Waals surface area contributed by atoms with Gasteiger partial charge >= 0.3 is 0 Å². The van der Waals surface area contributed by atoms with Gasteiger partial charge in [0, 0.05) is 12.0 Å². The van der Waals surface area contributed by atoms with E-state index in [0.29, 0.717) is 0 Å². The number of nitrogens with two attached hydrogens (primary N) is 1. The molecule has 0 spiro atoms. The van der Waals surface area contributed by atoms with Crippen LogP contribution in [0.15, 0.2) is 12.2 Å². The highest BCUT2D eigenvalue weighted by Gasteiger charge is 2.17. The van der Waals surface area contributed by atoms with E-state index in [2.05, 4.69) is 0 Å². The molecule has 0 saturated heterocycles. The summed E-state index contributed by atoms with van der Waals surface area (Å²) in [6, 6.07) is 0.116. The molecule has 0 amide bonds. The summed E-state index contributed by atoms with van der Waals surface area (Å²) < 4.78 is 0. The van der Waals surface area contributed by atoms with Gasteiger partial charge in [0.05, 0.1) is 6.61 Å². The van der Waals surface area contributed by atoms with Gasteiger partial charge < -0.3 is 10.8 Å². The van der Waals surface area contributed by atoms with Gasteiger partial charge in [0.15, 0.2) is 0 Å². The zero-order valence-corrected chi connectivity index (χ0v) is 5.27. The minimum atomic E-state index is 0. The lowest BCUT2D eigenvalue weighted by atomic mass is 9.91. The lowest BCUT2D eigenvalue weighted by molar-refractivity contribution is 0.233. The Morgan fingerprint density at radius 2 is 2.12 bits per heavy atom. The van der Waals surface area contributed by atoms with Gasteiger partial charge in [-0.25, -0.2) is 0 Å². The molecule has 3 heteroatoms. The van der Waals surface area contributed by atoms with Crippen LogP contribution in [-0.2, 0) is 0 Å². The highest BCUT2D eigenvalue weighted by Crippen LogP contribution is 2.13. The monoisotopic (exact) mass is 135 g/mol. The van der Waals surface area contributed by atoms with Crippen LogP contribution in [0.3, 0.4) is 0 Å². The molecule has 0 aromatic rings. The molecule has 2 atom stereocenters. The Labute approximate surface area is 54.8 Å². The first-order chi connectivity index (χ1) is 3.34. The Balaban J connectivity index is 0.000000490. The molecule has 0 radical (unpaired) electrons. The van der Waals surface area contributed by atoms with Crippen LogP contribution in [0, 0.1) is 5.92 Å². The van der Waals surface area contributed by atoms with Crippen LogP contribution < -0.4 is 5.73 Å². The Kier molecular flexibility index (Phi) is 3.05. The molecule has 0 aromatic carbocycles. The molecule has 0 heterocycles. The Morgan fingerprint density at radius 1 is 1.50 bits per heavy atom. The van der Waals surface area contributed by atoms with Crippen molar-refractivity contribution in [3.63, 3.8) is 0 Å². The van der Waals surface area contributed by atoms with Crippen molar-refractivity contribution in [1.29, 1.82) is 0 Å². The Hall–Kier alpha value is -0.0500. The SMILES string of the molecule is Cl.N[C@H]1C=C[C@H]1CO. The zero-order chi connectivity index (χ0) is 5.28. The summed E-state index contributed by atoms with van der Waals surface area (Å²) in [4.78, 5) is 0. The van der Waals surface area contributed by atoms with E-state index in [4.69, 9.17) is 10.8 Å². The topological polar surface area (TPSA) is 46.2 Å². The molecule has 0 aliphatic heterocycles. The van der Waals surface area contributed by atoms with E-state index < -0.39 is 0 Å². The summed E-state index contributed by atoms with van der Waals surface area (Å²) in [7, 11) is 0. The quantitative estimate of drug-likeness (QED) is 0.494. The van der Waals surface area contributed by atoms with Gasteiger partial charge in [0.25, 0.3) is 0 Å². The standard InChI is InChI=1S/C5H9NO.ClH/c6-5-2-1-4(5)3-7;/h1-2,4-5,7H,3,6H2;1H/t4-,5-;/m0./s1. The first kappa shape index (κ1) is 7.95. The fourth-order valence-electron chi connectivity index (χ4n) is 0.579. The fourth-order valence-corrected chi connectivity index (χ4v) is 0.579. The van der Waals surface area contributed by atoms with Gasteiger partial charge in [-0.2, -0.15) is 0 Å². The molecule has 0 fully saturated rings. The number of halogens is 1. The third-order valence-corrected chi connectivity index (χ3v) is 1.29. The second-order valence-electron chi connectivity index (χ2n) is 1.81. The fraction of sp³-hybridized carbons (Fsp3) is 0.600. The maximum Gasteiger partial charge on any atom is 0.0511 e. The summed E-state index contributed by atoms with van der Waals surface area (Å²) in [5.74, 6) is 0.236. The number of hydrogen-bond acceptors (Lipinski definition) is 2. The summed E-state index contributed by atoms with van der Waals surface area (Å²) in [5.41, 5.74) is 5.39. The number of rotatable bonds is 1. The third-order valence-electron chi connectivity index (χ3n) is 1.29. The Morgan fingerprint density at radius 3 is 2.12 bits per heavy atom. The van der Waals surface area contributed by atoms with Gasteiger partial charge in [-0.1, -0.05) is 12.2 Å². The Bertz CT molecular complexity index is 94.4. The van der Waals surface area contributed by atoms with Crippen molar-refractivity contribution in [2.75, 3.05) is 6.61 Å².